The van der Waals surface area contributed by atoms with E-state index < -0.39 is 18.0 Å². The van der Waals surface area contributed by atoms with Crippen molar-refractivity contribution in [1.82, 2.24) is 20.6 Å². The average Bonchev–Trinajstić information content (AvgIpc) is 3.46. The van der Waals surface area contributed by atoms with Crippen LogP contribution in [0.3, 0.4) is 0 Å². The van der Waals surface area contributed by atoms with Gasteiger partial charge in [0.05, 0.1) is 31.0 Å². The van der Waals surface area contributed by atoms with Crippen molar-refractivity contribution in [2.45, 2.75) is 12.5 Å². The van der Waals surface area contributed by atoms with Gasteiger partial charge >= 0.3 is 6.09 Å². The summed E-state index contributed by atoms with van der Waals surface area (Å²) in [7, 11) is 1.28. The standard InChI is InChI=1S/C27H29ClN10O4/c1-30-34-15-38(29)23-7-4-17(28)11-16(23)3-8-24(39)36-21-13-25(40)32-10-9-31-20-12-18(35-27(41)42-2)5-6-19(20)22-14-33-26(21)37-22/h3-8,11-12,14-15,21,31H,1,9-10,13,29H2,2H3,(H,32,40)(H,33,37)(H,35,41)(H,36,39)/b8-3+,34-15-/t21-/m0/s1. The van der Waals surface area contributed by atoms with Crippen molar-refractivity contribution in [2.24, 2.45) is 16.0 Å². The van der Waals surface area contributed by atoms with Crippen LogP contribution < -0.4 is 32.1 Å². The van der Waals surface area contributed by atoms with Gasteiger partial charge in [0.2, 0.25) is 11.8 Å². The molecule has 2 heterocycles. The third kappa shape index (κ3) is 7.71. The van der Waals surface area contributed by atoms with E-state index in [1.807, 2.05) is 0 Å². The molecular formula is C27H29ClN10O4. The van der Waals surface area contributed by atoms with Crippen LogP contribution in [0.2, 0.25) is 5.02 Å². The maximum atomic E-state index is 13.0. The topological polar surface area (TPSA) is 191 Å². The number of aromatic nitrogens is 2. The van der Waals surface area contributed by atoms with Gasteiger partial charge in [-0.2, -0.15) is 5.10 Å². The number of ether oxygens (including phenoxy) is 1. The molecule has 0 unspecified atom stereocenters. The van der Waals surface area contributed by atoms with E-state index in [1.54, 1.807) is 42.6 Å². The van der Waals surface area contributed by atoms with Crippen LogP contribution in [0.25, 0.3) is 17.3 Å². The molecule has 4 rings (SSSR count). The number of H-pyrrole nitrogens is 1. The van der Waals surface area contributed by atoms with Gasteiger partial charge < -0.3 is 25.7 Å². The molecule has 15 heteroatoms. The first-order valence-electron chi connectivity index (χ1n) is 12.6. The average molecular weight is 593 g/mol. The second-order valence-electron chi connectivity index (χ2n) is 8.91. The number of halogens is 1. The number of hydrogen-bond acceptors (Lipinski definition) is 9. The maximum Gasteiger partial charge on any atom is 0.411 e. The minimum Gasteiger partial charge on any atom is -0.453 e. The second kappa shape index (κ2) is 13.9. The molecular weight excluding hydrogens is 564 g/mol. The largest absolute Gasteiger partial charge is 0.453 e. The van der Waals surface area contributed by atoms with Crippen LogP contribution in [0.1, 0.15) is 23.9 Å². The summed E-state index contributed by atoms with van der Waals surface area (Å²) >= 11 is 6.16. The number of hydrogen-bond donors (Lipinski definition) is 6. The molecule has 1 aromatic heterocycles. The van der Waals surface area contributed by atoms with Crippen molar-refractivity contribution in [3.8, 4) is 11.3 Å². The summed E-state index contributed by atoms with van der Waals surface area (Å²) in [6, 6.07) is 9.44. The van der Waals surface area contributed by atoms with E-state index >= 15 is 0 Å². The molecule has 0 saturated carbocycles. The minimum absolute atomic E-state index is 0.0502. The summed E-state index contributed by atoms with van der Waals surface area (Å²) < 4.78 is 4.67. The first-order chi connectivity index (χ1) is 20.3. The highest BCUT2D eigenvalue weighted by atomic mass is 35.5. The van der Waals surface area contributed by atoms with Gasteiger partial charge in [0.15, 0.2) is 0 Å². The van der Waals surface area contributed by atoms with E-state index in [0.717, 1.165) is 5.56 Å². The van der Waals surface area contributed by atoms with Gasteiger partial charge in [0, 0.05) is 59.6 Å². The number of carbonyl (C=O) groups excluding carboxylic acids is 3. The molecule has 0 saturated heterocycles. The van der Waals surface area contributed by atoms with Gasteiger partial charge in [-0.15, -0.1) is 5.10 Å². The smallest absolute Gasteiger partial charge is 0.411 e. The lowest BCUT2D eigenvalue weighted by Crippen LogP contribution is -2.35. The fraction of sp³-hybridized carbons (Fsp3) is 0.185. The number of anilines is 3. The highest BCUT2D eigenvalue weighted by Crippen LogP contribution is 2.31. The van der Waals surface area contributed by atoms with Crippen LogP contribution in [0.5, 0.6) is 0 Å². The van der Waals surface area contributed by atoms with Gasteiger partial charge in [0.1, 0.15) is 12.2 Å². The van der Waals surface area contributed by atoms with Crippen molar-refractivity contribution < 1.29 is 19.1 Å². The van der Waals surface area contributed by atoms with Crippen molar-refractivity contribution in [1.29, 1.82) is 0 Å². The quantitative estimate of drug-likeness (QED) is 0.0792. The Bertz CT molecular complexity index is 1540. The number of rotatable bonds is 7. The highest BCUT2D eigenvalue weighted by molar-refractivity contribution is 6.30. The van der Waals surface area contributed by atoms with Crippen LogP contribution in [0.4, 0.5) is 21.9 Å². The van der Waals surface area contributed by atoms with Gasteiger partial charge in [-0.05, 0) is 42.5 Å². The zero-order chi connectivity index (χ0) is 30.1. The summed E-state index contributed by atoms with van der Waals surface area (Å²) in [5.41, 5.74) is 3.57. The first kappa shape index (κ1) is 29.8. The van der Waals surface area contributed by atoms with Crippen LogP contribution >= 0.6 is 11.6 Å². The van der Waals surface area contributed by atoms with E-state index in [2.05, 4.69) is 52.9 Å². The van der Waals surface area contributed by atoms with E-state index in [-0.39, 0.29) is 12.3 Å². The van der Waals surface area contributed by atoms with Crippen LogP contribution in [0.15, 0.2) is 58.9 Å². The molecule has 3 amide bonds. The van der Waals surface area contributed by atoms with Crippen molar-refractivity contribution in [3.05, 3.63) is 65.1 Å². The normalized spacial score (nSPS) is 15.0. The number of benzene rings is 2. The molecule has 2 aromatic carbocycles. The minimum atomic E-state index is -0.761. The number of hydrazine groups is 1. The van der Waals surface area contributed by atoms with Crippen molar-refractivity contribution in [3.63, 3.8) is 0 Å². The monoisotopic (exact) mass is 592 g/mol. The molecule has 3 aromatic rings. The zero-order valence-corrected chi connectivity index (χ0v) is 23.3. The molecule has 14 nitrogen and oxygen atoms in total. The van der Waals surface area contributed by atoms with E-state index in [0.29, 0.717) is 52.3 Å². The number of amides is 3. The number of aromatic amines is 1. The van der Waals surface area contributed by atoms with Crippen molar-refractivity contribution in [2.75, 3.05) is 35.8 Å². The molecule has 0 fully saturated rings. The maximum absolute atomic E-state index is 13.0. The zero-order valence-electron chi connectivity index (χ0n) is 22.6. The highest BCUT2D eigenvalue weighted by Gasteiger charge is 2.22. The number of nitrogens with one attached hydrogen (secondary N) is 5. The third-order valence-corrected chi connectivity index (χ3v) is 6.30. The first-order valence-corrected chi connectivity index (χ1v) is 13.0. The Kier molecular flexibility index (Phi) is 9.86. The lowest BCUT2D eigenvalue weighted by molar-refractivity contribution is -0.122. The van der Waals surface area contributed by atoms with E-state index in [9.17, 15) is 14.4 Å². The predicted molar refractivity (Wildman–Crippen MR) is 162 cm³/mol. The molecule has 0 radical (unpaired) electrons. The van der Waals surface area contributed by atoms with Crippen LogP contribution in [0, 0.1) is 0 Å². The fourth-order valence-electron chi connectivity index (χ4n) is 4.12. The van der Waals surface area contributed by atoms with Gasteiger partial charge in [-0.1, -0.05) is 11.6 Å². The number of carbonyl (C=O) groups is 3. The van der Waals surface area contributed by atoms with Crippen LogP contribution in [-0.2, 0) is 14.3 Å². The number of imidazole rings is 1. The Morgan fingerprint density at radius 2 is 2.05 bits per heavy atom. The molecule has 0 spiro atoms. The lowest BCUT2D eigenvalue weighted by atomic mass is 10.1. The van der Waals surface area contributed by atoms with Crippen molar-refractivity contribution >= 4 is 65.7 Å². The lowest BCUT2D eigenvalue weighted by Gasteiger charge is -2.18. The summed E-state index contributed by atoms with van der Waals surface area (Å²) in [6.07, 6.45) is 5.13. The summed E-state index contributed by atoms with van der Waals surface area (Å²) in [5.74, 6) is 5.64. The number of nitrogens with two attached hydrogens (primary N) is 1. The molecule has 1 aliphatic heterocycles. The molecule has 2 bridgehead atoms. The molecule has 42 heavy (non-hydrogen) atoms. The second-order valence-corrected chi connectivity index (χ2v) is 9.34. The molecule has 7 N–H and O–H groups in total. The number of fused-ring (bicyclic) bond motifs is 4. The van der Waals surface area contributed by atoms with Gasteiger partial charge in [0.25, 0.3) is 0 Å². The molecule has 0 aliphatic carbocycles. The van der Waals surface area contributed by atoms with Gasteiger partial charge in [-0.3, -0.25) is 19.9 Å². The third-order valence-electron chi connectivity index (χ3n) is 6.06. The summed E-state index contributed by atoms with van der Waals surface area (Å²) in [4.78, 5) is 45.1. The number of nitrogens with zero attached hydrogens (tertiary/aromatic N) is 4. The predicted octanol–water partition coefficient (Wildman–Crippen LogP) is 3.03. The summed E-state index contributed by atoms with van der Waals surface area (Å²) in [6.45, 7) is 4.01. The van der Waals surface area contributed by atoms with Gasteiger partial charge in [-0.25, -0.2) is 15.6 Å². The van der Waals surface area contributed by atoms with E-state index in [1.165, 1.54) is 30.6 Å². The number of methoxy groups -OCH3 is 1. The Labute approximate surface area is 246 Å². The molecule has 1 aliphatic rings. The Hall–Kier alpha value is -5.21. The Morgan fingerprint density at radius 1 is 1.24 bits per heavy atom. The Balaban J connectivity index is 1.58. The molecule has 218 valence electrons. The molecule has 1 atom stereocenters. The fourth-order valence-corrected chi connectivity index (χ4v) is 4.30. The van der Waals surface area contributed by atoms with E-state index in [4.69, 9.17) is 17.4 Å². The summed E-state index contributed by atoms with van der Waals surface area (Å²) in [5, 5.41) is 20.3. The Morgan fingerprint density at radius 3 is 2.83 bits per heavy atom. The van der Waals surface area contributed by atoms with Crippen LogP contribution in [-0.4, -0.2) is 61.1 Å². The SMILES string of the molecule is C=N/N=C\N(N)c1ccc(Cl)cc1/C=C/C(=O)N[C@H]1CC(=O)NCCNc2cc(NC(=O)OC)ccc2-c2c[nH]c1n2.